The van der Waals surface area contributed by atoms with E-state index in [1.54, 1.807) is 0 Å². The first kappa shape index (κ1) is 18.1. The molecule has 0 saturated carbocycles. The Morgan fingerprint density at radius 2 is 1.46 bits per heavy atom. The normalized spacial score (nSPS) is 11.0. The van der Waals surface area contributed by atoms with E-state index in [9.17, 15) is 22.8 Å². The third kappa shape index (κ3) is 4.39. The Hall–Kier alpha value is -2.25. The molecule has 2 rings (SSSR count). The number of rotatable bonds is 2. The number of alkyl halides is 3. The van der Waals surface area contributed by atoms with Crippen molar-refractivity contribution in [3.63, 3.8) is 0 Å². The zero-order valence-electron chi connectivity index (χ0n) is 11.7. The number of halogens is 5. The van der Waals surface area contributed by atoms with Crippen LogP contribution in [0.1, 0.15) is 5.56 Å². The van der Waals surface area contributed by atoms with E-state index in [0.717, 1.165) is 12.1 Å². The summed E-state index contributed by atoms with van der Waals surface area (Å²) >= 11 is 11.6. The number of nitrogens with one attached hydrogen (secondary N) is 2. The smallest absolute Gasteiger partial charge is 0.317 e. The molecule has 2 N–H and O–H groups in total. The minimum absolute atomic E-state index is 0.0634. The molecule has 0 saturated heterocycles. The van der Waals surface area contributed by atoms with Gasteiger partial charge >= 0.3 is 18.0 Å². The summed E-state index contributed by atoms with van der Waals surface area (Å²) in [6.07, 6.45) is -4.67. The van der Waals surface area contributed by atoms with Crippen LogP contribution in [0.4, 0.5) is 24.5 Å². The van der Waals surface area contributed by atoms with Crippen LogP contribution in [0.15, 0.2) is 42.5 Å². The fourth-order valence-corrected chi connectivity index (χ4v) is 2.13. The molecule has 24 heavy (non-hydrogen) atoms. The molecule has 0 bridgehead atoms. The lowest BCUT2D eigenvalue weighted by Crippen LogP contribution is -2.30. The van der Waals surface area contributed by atoms with Crippen molar-refractivity contribution in [2.24, 2.45) is 0 Å². The van der Waals surface area contributed by atoms with Crippen molar-refractivity contribution >= 4 is 46.4 Å². The van der Waals surface area contributed by atoms with Crippen molar-refractivity contribution in [2.45, 2.75) is 6.18 Å². The quantitative estimate of drug-likeness (QED) is 0.753. The summed E-state index contributed by atoms with van der Waals surface area (Å²) in [5, 5.41) is 4.49. The number of benzene rings is 2. The molecule has 2 aromatic carbocycles. The van der Waals surface area contributed by atoms with Crippen molar-refractivity contribution in [1.82, 2.24) is 0 Å². The van der Waals surface area contributed by atoms with Gasteiger partial charge in [0.2, 0.25) is 0 Å². The second kappa shape index (κ2) is 7.11. The molecule has 4 nitrogen and oxygen atoms in total. The molecular formula is C15H9Cl2F3N2O2. The van der Waals surface area contributed by atoms with Crippen LogP contribution in [0.5, 0.6) is 0 Å². The summed E-state index contributed by atoms with van der Waals surface area (Å²) in [5.41, 5.74) is -1.53. The van der Waals surface area contributed by atoms with Gasteiger partial charge in [0.1, 0.15) is 0 Å². The number of hydrogen-bond acceptors (Lipinski definition) is 2. The SMILES string of the molecule is O=C(Nc1cc(Cl)ccc1Cl)C(=O)Nc1ccccc1C(F)(F)F. The van der Waals surface area contributed by atoms with E-state index in [2.05, 4.69) is 5.32 Å². The topological polar surface area (TPSA) is 58.2 Å². The Bertz CT molecular complexity index is 795. The number of para-hydroxylation sites is 1. The molecule has 0 spiro atoms. The number of amides is 2. The van der Waals surface area contributed by atoms with Gasteiger partial charge in [0, 0.05) is 5.02 Å². The summed E-state index contributed by atoms with van der Waals surface area (Å²) in [7, 11) is 0. The first-order valence-corrected chi connectivity index (χ1v) is 7.17. The summed E-state index contributed by atoms with van der Waals surface area (Å²) in [4.78, 5) is 23.7. The van der Waals surface area contributed by atoms with Gasteiger partial charge < -0.3 is 10.6 Å². The van der Waals surface area contributed by atoms with E-state index >= 15 is 0 Å². The molecule has 2 aromatic rings. The van der Waals surface area contributed by atoms with Crippen LogP contribution in [0, 0.1) is 0 Å². The van der Waals surface area contributed by atoms with Crippen molar-refractivity contribution in [1.29, 1.82) is 0 Å². The van der Waals surface area contributed by atoms with E-state index in [1.165, 1.54) is 30.3 Å². The molecular weight excluding hydrogens is 368 g/mol. The van der Waals surface area contributed by atoms with Gasteiger partial charge in [-0.05, 0) is 30.3 Å². The fourth-order valence-electron chi connectivity index (χ4n) is 1.79. The summed E-state index contributed by atoms with van der Waals surface area (Å²) in [6, 6.07) is 8.48. The van der Waals surface area contributed by atoms with Crippen molar-refractivity contribution in [3.05, 3.63) is 58.1 Å². The molecule has 0 atom stereocenters. The molecule has 0 unspecified atom stereocenters. The van der Waals surface area contributed by atoms with Gasteiger partial charge in [0.05, 0.1) is 22.0 Å². The Kier molecular flexibility index (Phi) is 5.36. The zero-order chi connectivity index (χ0) is 17.9. The molecule has 0 radical (unpaired) electrons. The Morgan fingerprint density at radius 1 is 0.875 bits per heavy atom. The highest BCUT2D eigenvalue weighted by molar-refractivity contribution is 6.45. The number of carbonyl (C=O) groups is 2. The Morgan fingerprint density at radius 3 is 2.08 bits per heavy atom. The summed E-state index contributed by atoms with van der Waals surface area (Å²) in [5.74, 6) is -2.46. The fraction of sp³-hybridized carbons (Fsp3) is 0.0667. The van der Waals surface area contributed by atoms with Gasteiger partial charge in [-0.15, -0.1) is 0 Å². The van der Waals surface area contributed by atoms with Crippen LogP contribution in [0.2, 0.25) is 10.0 Å². The first-order valence-electron chi connectivity index (χ1n) is 6.42. The standard InChI is InChI=1S/C15H9Cl2F3N2O2/c16-8-5-6-10(17)12(7-8)22-14(24)13(23)21-11-4-2-1-3-9(11)15(18,19)20/h1-7H,(H,21,23)(H,22,24). The van der Waals surface area contributed by atoms with E-state index in [0.29, 0.717) is 0 Å². The predicted octanol–water partition coefficient (Wildman–Crippen LogP) is 4.59. The number of anilines is 2. The van der Waals surface area contributed by atoms with Crippen molar-refractivity contribution in [2.75, 3.05) is 10.6 Å². The van der Waals surface area contributed by atoms with Crippen molar-refractivity contribution < 1.29 is 22.8 Å². The van der Waals surface area contributed by atoms with Crippen LogP contribution in [-0.2, 0) is 15.8 Å². The van der Waals surface area contributed by atoms with E-state index in [4.69, 9.17) is 23.2 Å². The average Bonchev–Trinajstić information content (AvgIpc) is 2.50. The van der Waals surface area contributed by atoms with Crippen LogP contribution in [0.25, 0.3) is 0 Å². The highest BCUT2D eigenvalue weighted by atomic mass is 35.5. The first-order chi connectivity index (χ1) is 11.2. The lowest BCUT2D eigenvalue weighted by molar-refractivity contribution is -0.137. The largest absolute Gasteiger partial charge is 0.418 e. The second-order valence-corrected chi connectivity index (χ2v) is 5.42. The molecule has 2 amide bonds. The molecule has 0 fully saturated rings. The molecule has 0 aliphatic carbocycles. The number of carbonyl (C=O) groups excluding carboxylic acids is 2. The van der Waals surface area contributed by atoms with Gasteiger partial charge in [-0.2, -0.15) is 13.2 Å². The van der Waals surface area contributed by atoms with Gasteiger partial charge in [0.25, 0.3) is 0 Å². The summed E-state index contributed by atoms with van der Waals surface area (Å²) in [6.45, 7) is 0. The van der Waals surface area contributed by atoms with Gasteiger partial charge in [-0.3, -0.25) is 9.59 Å². The molecule has 0 aliphatic rings. The van der Waals surface area contributed by atoms with E-state index in [1.807, 2.05) is 5.32 Å². The molecule has 0 aliphatic heterocycles. The third-order valence-electron chi connectivity index (χ3n) is 2.86. The monoisotopic (exact) mass is 376 g/mol. The highest BCUT2D eigenvalue weighted by Gasteiger charge is 2.34. The average molecular weight is 377 g/mol. The van der Waals surface area contributed by atoms with Crippen molar-refractivity contribution in [3.8, 4) is 0 Å². The minimum atomic E-state index is -4.67. The maximum absolute atomic E-state index is 12.9. The van der Waals surface area contributed by atoms with E-state index < -0.39 is 29.2 Å². The lowest BCUT2D eigenvalue weighted by Gasteiger charge is -2.13. The Labute approximate surface area is 144 Å². The number of hydrogen-bond donors (Lipinski definition) is 2. The molecule has 126 valence electrons. The summed E-state index contributed by atoms with van der Waals surface area (Å²) < 4.78 is 38.6. The highest BCUT2D eigenvalue weighted by Crippen LogP contribution is 2.34. The van der Waals surface area contributed by atoms with Crippen LogP contribution in [-0.4, -0.2) is 11.8 Å². The Balaban J connectivity index is 2.16. The molecule has 9 heteroatoms. The van der Waals surface area contributed by atoms with Gasteiger partial charge in [0.15, 0.2) is 0 Å². The predicted molar refractivity (Wildman–Crippen MR) is 85.2 cm³/mol. The van der Waals surface area contributed by atoms with E-state index in [-0.39, 0.29) is 15.7 Å². The molecule has 0 aromatic heterocycles. The van der Waals surface area contributed by atoms with Gasteiger partial charge in [-0.1, -0.05) is 35.3 Å². The lowest BCUT2D eigenvalue weighted by atomic mass is 10.1. The van der Waals surface area contributed by atoms with Crippen LogP contribution >= 0.6 is 23.2 Å². The third-order valence-corrected chi connectivity index (χ3v) is 3.43. The van der Waals surface area contributed by atoms with Crippen LogP contribution < -0.4 is 10.6 Å². The van der Waals surface area contributed by atoms with Gasteiger partial charge in [-0.25, -0.2) is 0 Å². The van der Waals surface area contributed by atoms with Crippen LogP contribution in [0.3, 0.4) is 0 Å². The maximum Gasteiger partial charge on any atom is 0.418 e. The maximum atomic E-state index is 12.9. The molecule has 0 heterocycles. The minimum Gasteiger partial charge on any atom is -0.317 e. The zero-order valence-corrected chi connectivity index (χ0v) is 13.3. The second-order valence-electron chi connectivity index (χ2n) is 4.58.